The van der Waals surface area contributed by atoms with Gasteiger partial charge in [-0.1, -0.05) is 43.2 Å². The number of hydrogen-bond donors (Lipinski definition) is 2. The van der Waals surface area contributed by atoms with Gasteiger partial charge in [0, 0.05) is 31.1 Å². The maximum Gasteiger partial charge on any atom is 0.231 e. The van der Waals surface area contributed by atoms with E-state index in [0.29, 0.717) is 19.4 Å². The van der Waals surface area contributed by atoms with Gasteiger partial charge in [-0.3, -0.25) is 19.9 Å². The lowest BCUT2D eigenvalue weighted by atomic mass is 9.80. The van der Waals surface area contributed by atoms with Gasteiger partial charge in [-0.15, -0.1) is 0 Å². The van der Waals surface area contributed by atoms with Crippen molar-refractivity contribution in [3.63, 3.8) is 0 Å². The zero-order chi connectivity index (χ0) is 23.5. The highest BCUT2D eigenvalue weighted by Gasteiger charge is 2.50. The number of methoxy groups -OCH3 is 1. The van der Waals surface area contributed by atoms with E-state index in [-0.39, 0.29) is 30.1 Å². The number of benzene rings is 2. The highest BCUT2D eigenvalue weighted by Crippen LogP contribution is 2.38. The summed E-state index contributed by atoms with van der Waals surface area (Å²) in [5.41, 5.74) is 5.03. The molecule has 0 radical (unpaired) electrons. The summed E-state index contributed by atoms with van der Waals surface area (Å²) in [7, 11) is 1.61. The van der Waals surface area contributed by atoms with Crippen LogP contribution in [0.4, 0.5) is 5.69 Å². The number of amidine groups is 1. The number of amides is 2. The number of nitrogens with zero attached hydrogens (tertiary/aromatic N) is 3. The van der Waals surface area contributed by atoms with Crippen LogP contribution >= 0.6 is 0 Å². The molecule has 3 unspecified atom stereocenters. The molecular formula is C26H31N5O3. The van der Waals surface area contributed by atoms with Crippen LogP contribution in [0.2, 0.25) is 0 Å². The van der Waals surface area contributed by atoms with Crippen LogP contribution in [0.15, 0.2) is 59.7 Å². The molecule has 2 fully saturated rings. The Labute approximate surface area is 200 Å². The zero-order valence-corrected chi connectivity index (χ0v) is 19.4. The standard InChI is InChI=1S/C26H31N5O3/c1-34-20-13-11-19(12-14-20)27-24(32)16-15-23-28-29-26-30(17-18-7-3-2-4-8-18)25(33)21-9-5-6-10-22(21)31(23)26/h2-4,7-8,11-14,21-22,26,29H,5-6,9-10,15-17H2,1H3,(H,27,32). The maximum absolute atomic E-state index is 13.5. The Hall–Kier alpha value is -3.55. The van der Waals surface area contributed by atoms with Crippen molar-refractivity contribution < 1.29 is 14.3 Å². The Morgan fingerprint density at radius 2 is 1.88 bits per heavy atom. The van der Waals surface area contributed by atoms with Crippen LogP contribution < -0.4 is 15.5 Å². The molecular weight excluding hydrogens is 430 g/mol. The van der Waals surface area contributed by atoms with Gasteiger partial charge in [-0.25, -0.2) is 0 Å². The Morgan fingerprint density at radius 1 is 1.12 bits per heavy atom. The van der Waals surface area contributed by atoms with Crippen molar-refractivity contribution in [3.8, 4) is 5.75 Å². The van der Waals surface area contributed by atoms with Crippen LogP contribution in [-0.4, -0.2) is 46.9 Å². The molecule has 2 N–H and O–H groups in total. The van der Waals surface area contributed by atoms with E-state index in [1.807, 2.05) is 59.5 Å². The third-order valence-corrected chi connectivity index (χ3v) is 7.00. The Morgan fingerprint density at radius 3 is 2.65 bits per heavy atom. The summed E-state index contributed by atoms with van der Waals surface area (Å²) in [6.45, 7) is 0.539. The topological polar surface area (TPSA) is 86.3 Å². The third-order valence-electron chi connectivity index (χ3n) is 7.00. The minimum Gasteiger partial charge on any atom is -0.497 e. The van der Waals surface area contributed by atoms with Gasteiger partial charge < -0.3 is 15.0 Å². The van der Waals surface area contributed by atoms with Crippen LogP contribution in [0.1, 0.15) is 44.1 Å². The summed E-state index contributed by atoms with van der Waals surface area (Å²) >= 11 is 0. The van der Waals surface area contributed by atoms with E-state index in [9.17, 15) is 9.59 Å². The van der Waals surface area contributed by atoms with Gasteiger partial charge in [0.15, 0.2) is 6.29 Å². The van der Waals surface area contributed by atoms with E-state index in [1.165, 1.54) is 0 Å². The van der Waals surface area contributed by atoms with Crippen LogP contribution in [0.25, 0.3) is 0 Å². The Bertz CT molecular complexity index is 1060. The van der Waals surface area contributed by atoms with E-state index in [2.05, 4.69) is 20.7 Å². The van der Waals surface area contributed by atoms with Crippen molar-refractivity contribution in [3.05, 3.63) is 60.2 Å². The molecule has 2 aromatic carbocycles. The smallest absolute Gasteiger partial charge is 0.231 e. The van der Waals surface area contributed by atoms with Crippen molar-refractivity contribution in [1.29, 1.82) is 0 Å². The number of ether oxygens (including phenoxy) is 1. The first-order valence-corrected chi connectivity index (χ1v) is 12.0. The summed E-state index contributed by atoms with van der Waals surface area (Å²) in [5, 5.41) is 7.54. The Balaban J connectivity index is 1.27. The van der Waals surface area contributed by atoms with Crippen LogP contribution in [-0.2, 0) is 16.1 Å². The summed E-state index contributed by atoms with van der Waals surface area (Å²) in [4.78, 5) is 30.3. The Kier molecular flexibility index (Phi) is 6.38. The predicted octanol–water partition coefficient (Wildman–Crippen LogP) is 3.52. The van der Waals surface area contributed by atoms with Crippen LogP contribution in [0.5, 0.6) is 5.75 Å². The summed E-state index contributed by atoms with van der Waals surface area (Å²) in [6.07, 6.45) is 4.61. The minimum absolute atomic E-state index is 0.0214. The molecule has 1 saturated heterocycles. The lowest BCUT2D eigenvalue weighted by molar-refractivity contribution is -0.156. The van der Waals surface area contributed by atoms with Crippen LogP contribution in [0, 0.1) is 5.92 Å². The fraction of sp³-hybridized carbons (Fsp3) is 0.423. The molecule has 34 heavy (non-hydrogen) atoms. The maximum atomic E-state index is 13.5. The number of nitrogens with one attached hydrogen (secondary N) is 2. The van der Waals surface area contributed by atoms with Gasteiger partial charge in [-0.2, -0.15) is 5.10 Å². The number of hydrogen-bond acceptors (Lipinski definition) is 6. The number of hydrazone groups is 1. The average Bonchev–Trinajstić information content (AvgIpc) is 3.30. The molecule has 178 valence electrons. The lowest BCUT2D eigenvalue weighted by Crippen LogP contribution is -2.67. The quantitative estimate of drug-likeness (QED) is 0.659. The molecule has 5 rings (SSSR count). The number of fused-ring (bicyclic) bond motifs is 3. The average molecular weight is 462 g/mol. The summed E-state index contributed by atoms with van der Waals surface area (Å²) in [5.74, 6) is 1.73. The molecule has 2 aliphatic heterocycles. The number of rotatable bonds is 7. The second kappa shape index (κ2) is 9.75. The first-order chi connectivity index (χ1) is 16.6. The van der Waals surface area contributed by atoms with Crippen LogP contribution in [0.3, 0.4) is 0 Å². The summed E-state index contributed by atoms with van der Waals surface area (Å²) in [6, 6.07) is 17.5. The molecule has 3 aliphatic rings. The molecule has 1 aliphatic carbocycles. The fourth-order valence-corrected chi connectivity index (χ4v) is 5.30. The van der Waals surface area contributed by atoms with E-state index in [4.69, 9.17) is 4.74 Å². The second-order valence-corrected chi connectivity index (χ2v) is 9.12. The van der Waals surface area contributed by atoms with E-state index in [0.717, 1.165) is 48.5 Å². The van der Waals surface area contributed by atoms with Crippen molar-refractivity contribution >= 4 is 23.3 Å². The lowest BCUT2D eigenvalue weighted by Gasteiger charge is -2.50. The van der Waals surface area contributed by atoms with Crippen molar-refractivity contribution in [2.24, 2.45) is 11.0 Å². The first kappa shape index (κ1) is 22.3. The van der Waals surface area contributed by atoms with Gasteiger partial charge in [0.25, 0.3) is 0 Å². The van der Waals surface area contributed by atoms with E-state index >= 15 is 0 Å². The fourth-order valence-electron chi connectivity index (χ4n) is 5.30. The molecule has 2 amide bonds. The van der Waals surface area contributed by atoms with Crippen molar-refractivity contribution in [2.45, 2.75) is 57.4 Å². The molecule has 2 heterocycles. The van der Waals surface area contributed by atoms with E-state index < -0.39 is 0 Å². The number of anilines is 1. The highest BCUT2D eigenvalue weighted by atomic mass is 16.5. The molecule has 1 saturated carbocycles. The summed E-state index contributed by atoms with van der Waals surface area (Å²) < 4.78 is 5.17. The predicted molar refractivity (Wildman–Crippen MR) is 130 cm³/mol. The normalized spacial score (nSPS) is 23.5. The van der Waals surface area contributed by atoms with Crippen molar-refractivity contribution in [2.75, 3.05) is 12.4 Å². The van der Waals surface area contributed by atoms with Crippen molar-refractivity contribution in [1.82, 2.24) is 15.2 Å². The first-order valence-electron chi connectivity index (χ1n) is 12.0. The molecule has 3 atom stereocenters. The van der Waals surface area contributed by atoms with Gasteiger partial charge in [0.1, 0.15) is 11.6 Å². The molecule has 0 bridgehead atoms. The van der Waals surface area contributed by atoms with Gasteiger partial charge in [0.05, 0.1) is 13.0 Å². The molecule has 8 heteroatoms. The molecule has 0 aromatic heterocycles. The van der Waals surface area contributed by atoms with E-state index in [1.54, 1.807) is 7.11 Å². The largest absolute Gasteiger partial charge is 0.497 e. The number of carbonyl (C=O) groups is 2. The molecule has 8 nitrogen and oxygen atoms in total. The third kappa shape index (κ3) is 4.44. The minimum atomic E-state index is -0.299. The number of carbonyl (C=O) groups excluding carboxylic acids is 2. The molecule has 0 spiro atoms. The SMILES string of the molecule is COc1ccc(NC(=O)CCC2=NNC3N(Cc4ccccc4)C(=O)C4CCCCC4N23)cc1. The monoisotopic (exact) mass is 461 g/mol. The highest BCUT2D eigenvalue weighted by molar-refractivity contribution is 5.95. The second-order valence-electron chi connectivity index (χ2n) is 9.12. The van der Waals surface area contributed by atoms with Gasteiger partial charge in [-0.05, 0) is 42.7 Å². The zero-order valence-electron chi connectivity index (χ0n) is 19.4. The van der Waals surface area contributed by atoms with Gasteiger partial charge >= 0.3 is 0 Å². The van der Waals surface area contributed by atoms with Gasteiger partial charge in [0.2, 0.25) is 11.8 Å². The molecule has 2 aromatic rings.